The minimum absolute atomic E-state index is 0. The Bertz CT molecular complexity index is 802. The predicted molar refractivity (Wildman–Crippen MR) is 115 cm³/mol. The first kappa shape index (κ1) is 24.1. The number of rotatable bonds is 9. The summed E-state index contributed by atoms with van der Waals surface area (Å²) in [5, 5.41) is 0. The molecule has 0 amide bonds. The molecule has 29 heavy (non-hydrogen) atoms. The number of benzene rings is 2. The Labute approximate surface area is 177 Å². The van der Waals surface area contributed by atoms with Crippen LogP contribution < -0.4 is 19.9 Å². The normalized spacial score (nSPS) is 11.8. The van der Waals surface area contributed by atoms with Gasteiger partial charge in [-0.15, -0.1) is 12.4 Å². The summed E-state index contributed by atoms with van der Waals surface area (Å²) in [7, 11) is 4.59. The molecule has 2 rings (SSSR count). The number of ether oxygens (including phenoxy) is 4. The van der Waals surface area contributed by atoms with E-state index in [1.807, 2.05) is 30.3 Å². The lowest BCUT2D eigenvalue weighted by Crippen LogP contribution is -2.18. The van der Waals surface area contributed by atoms with Gasteiger partial charge in [0.1, 0.15) is 5.84 Å². The highest BCUT2D eigenvalue weighted by atomic mass is 35.5. The highest BCUT2D eigenvalue weighted by Gasteiger charge is 2.19. The van der Waals surface area contributed by atoms with Gasteiger partial charge in [0.25, 0.3) is 0 Å². The van der Waals surface area contributed by atoms with Crippen molar-refractivity contribution < 1.29 is 23.7 Å². The molecule has 0 aromatic heterocycles. The standard InChI is InChI=1S/C21H26N2O5.ClH/c1-5-28-19(24)13-16(14-9-7-6-8-10-14)23-21(22)15-11-17(25-2)20(27-4)18(12-15)26-3;/h6-12,16H,5,13H2,1-4H3,(H2,22,23);1H. The molecule has 158 valence electrons. The monoisotopic (exact) mass is 422 g/mol. The molecule has 2 aromatic carbocycles. The Balaban J connectivity index is 0.00000420. The van der Waals surface area contributed by atoms with Crippen LogP contribution in [0, 0.1) is 0 Å². The lowest BCUT2D eigenvalue weighted by atomic mass is 10.0. The topological polar surface area (TPSA) is 92.4 Å². The fraction of sp³-hybridized carbons (Fsp3) is 0.333. The number of aliphatic imine (C=N–C) groups is 1. The van der Waals surface area contributed by atoms with Crippen molar-refractivity contribution in [1.29, 1.82) is 0 Å². The van der Waals surface area contributed by atoms with Crippen LogP contribution in [0.15, 0.2) is 47.5 Å². The summed E-state index contributed by atoms with van der Waals surface area (Å²) in [5.74, 6) is 1.32. The van der Waals surface area contributed by atoms with Gasteiger partial charge < -0.3 is 24.7 Å². The Morgan fingerprint density at radius 1 is 1.03 bits per heavy atom. The number of methoxy groups -OCH3 is 3. The van der Waals surface area contributed by atoms with E-state index in [1.165, 1.54) is 21.3 Å². The molecule has 2 aromatic rings. The van der Waals surface area contributed by atoms with E-state index in [0.29, 0.717) is 29.4 Å². The highest BCUT2D eigenvalue weighted by molar-refractivity contribution is 5.99. The molecule has 0 fully saturated rings. The summed E-state index contributed by atoms with van der Waals surface area (Å²) in [4.78, 5) is 16.6. The van der Waals surface area contributed by atoms with E-state index >= 15 is 0 Å². The molecule has 1 atom stereocenters. The van der Waals surface area contributed by atoms with Crippen LogP contribution in [-0.2, 0) is 9.53 Å². The zero-order chi connectivity index (χ0) is 20.5. The number of nitrogens with two attached hydrogens (primary N) is 1. The maximum absolute atomic E-state index is 12.0. The molecule has 0 aliphatic carbocycles. The van der Waals surface area contributed by atoms with E-state index in [-0.39, 0.29) is 30.6 Å². The maximum atomic E-state index is 12.0. The predicted octanol–water partition coefficient (Wildman–Crippen LogP) is 3.53. The summed E-state index contributed by atoms with van der Waals surface area (Å²) < 4.78 is 21.1. The molecule has 1 unspecified atom stereocenters. The van der Waals surface area contributed by atoms with Gasteiger partial charge in [-0.2, -0.15) is 0 Å². The van der Waals surface area contributed by atoms with Crippen molar-refractivity contribution in [3.63, 3.8) is 0 Å². The van der Waals surface area contributed by atoms with E-state index in [9.17, 15) is 4.79 Å². The van der Waals surface area contributed by atoms with Crippen molar-refractivity contribution >= 4 is 24.2 Å². The first-order valence-corrected chi connectivity index (χ1v) is 8.88. The van der Waals surface area contributed by atoms with Gasteiger partial charge in [-0.1, -0.05) is 30.3 Å². The summed E-state index contributed by atoms with van der Waals surface area (Å²) >= 11 is 0. The molecule has 0 spiro atoms. The van der Waals surface area contributed by atoms with E-state index in [2.05, 4.69) is 4.99 Å². The van der Waals surface area contributed by atoms with Crippen molar-refractivity contribution in [3.05, 3.63) is 53.6 Å². The second-order valence-electron chi connectivity index (χ2n) is 5.86. The molecule has 0 saturated carbocycles. The summed E-state index contributed by atoms with van der Waals surface area (Å²) in [6.07, 6.45) is 0.0863. The number of esters is 1. The highest BCUT2D eigenvalue weighted by Crippen LogP contribution is 2.38. The average molecular weight is 423 g/mol. The second kappa shape index (κ2) is 11.8. The number of hydrogen-bond acceptors (Lipinski definition) is 6. The van der Waals surface area contributed by atoms with Crippen molar-refractivity contribution in [2.75, 3.05) is 27.9 Å². The van der Waals surface area contributed by atoms with Crippen molar-refractivity contribution in [1.82, 2.24) is 0 Å². The molecular weight excluding hydrogens is 396 g/mol. The smallest absolute Gasteiger partial charge is 0.308 e. The lowest BCUT2D eigenvalue weighted by molar-refractivity contribution is -0.143. The van der Waals surface area contributed by atoms with Gasteiger partial charge >= 0.3 is 5.97 Å². The van der Waals surface area contributed by atoms with Crippen LogP contribution >= 0.6 is 12.4 Å². The Morgan fingerprint density at radius 3 is 2.10 bits per heavy atom. The second-order valence-corrected chi connectivity index (χ2v) is 5.86. The lowest BCUT2D eigenvalue weighted by Gasteiger charge is -2.16. The first-order chi connectivity index (χ1) is 13.5. The van der Waals surface area contributed by atoms with Crippen LogP contribution in [-0.4, -0.2) is 39.7 Å². The molecule has 0 aliphatic heterocycles. The quantitative estimate of drug-likeness (QED) is 0.377. The first-order valence-electron chi connectivity index (χ1n) is 8.88. The van der Waals surface area contributed by atoms with Crippen molar-refractivity contribution in [3.8, 4) is 17.2 Å². The average Bonchev–Trinajstić information content (AvgIpc) is 2.72. The van der Waals surface area contributed by atoms with Gasteiger partial charge in [0.2, 0.25) is 5.75 Å². The van der Waals surface area contributed by atoms with Crippen LogP contribution in [0.2, 0.25) is 0 Å². The minimum Gasteiger partial charge on any atom is -0.493 e. The zero-order valence-corrected chi connectivity index (χ0v) is 17.8. The Hall–Kier alpha value is -2.93. The fourth-order valence-electron chi connectivity index (χ4n) is 2.76. The van der Waals surface area contributed by atoms with Gasteiger partial charge in [0.05, 0.1) is 40.4 Å². The molecule has 2 N–H and O–H groups in total. The molecular formula is C21H27ClN2O5. The number of amidine groups is 1. The number of carbonyl (C=O) groups is 1. The third-order valence-electron chi connectivity index (χ3n) is 4.11. The van der Waals surface area contributed by atoms with Gasteiger partial charge in [0, 0.05) is 5.56 Å². The third-order valence-corrected chi connectivity index (χ3v) is 4.11. The van der Waals surface area contributed by atoms with Gasteiger partial charge in [-0.25, -0.2) is 0 Å². The fourth-order valence-corrected chi connectivity index (χ4v) is 2.76. The largest absolute Gasteiger partial charge is 0.493 e. The number of nitrogens with zero attached hydrogens (tertiary/aromatic N) is 1. The van der Waals surface area contributed by atoms with Crippen LogP contribution in [0.3, 0.4) is 0 Å². The van der Waals surface area contributed by atoms with Gasteiger partial charge in [-0.05, 0) is 24.6 Å². The van der Waals surface area contributed by atoms with Crippen LogP contribution in [0.1, 0.15) is 30.5 Å². The molecule has 8 heteroatoms. The maximum Gasteiger partial charge on any atom is 0.308 e. The van der Waals surface area contributed by atoms with E-state index < -0.39 is 6.04 Å². The summed E-state index contributed by atoms with van der Waals surface area (Å²) in [5.41, 5.74) is 7.73. The zero-order valence-electron chi connectivity index (χ0n) is 17.0. The molecule has 0 saturated heterocycles. The molecule has 0 heterocycles. The number of halogens is 1. The molecule has 0 radical (unpaired) electrons. The number of carbonyl (C=O) groups excluding carboxylic acids is 1. The molecule has 0 aliphatic rings. The molecule has 0 bridgehead atoms. The van der Waals surface area contributed by atoms with Gasteiger partial charge in [-0.3, -0.25) is 9.79 Å². The van der Waals surface area contributed by atoms with E-state index in [1.54, 1.807) is 19.1 Å². The van der Waals surface area contributed by atoms with Crippen molar-refractivity contribution in [2.24, 2.45) is 10.7 Å². The van der Waals surface area contributed by atoms with Gasteiger partial charge in [0.15, 0.2) is 11.5 Å². The van der Waals surface area contributed by atoms with E-state index in [0.717, 1.165) is 5.56 Å². The van der Waals surface area contributed by atoms with E-state index in [4.69, 9.17) is 24.7 Å². The van der Waals surface area contributed by atoms with Crippen LogP contribution in [0.4, 0.5) is 0 Å². The summed E-state index contributed by atoms with van der Waals surface area (Å²) in [6.45, 7) is 2.08. The van der Waals surface area contributed by atoms with Crippen LogP contribution in [0.5, 0.6) is 17.2 Å². The van der Waals surface area contributed by atoms with Crippen LogP contribution in [0.25, 0.3) is 0 Å². The minimum atomic E-state index is -0.473. The third kappa shape index (κ3) is 6.29. The molecule has 7 nitrogen and oxygen atoms in total. The Morgan fingerprint density at radius 2 is 1.62 bits per heavy atom. The summed E-state index contributed by atoms with van der Waals surface area (Å²) in [6, 6.07) is 12.4. The Kier molecular flexibility index (Phi) is 9.82. The number of hydrogen-bond donors (Lipinski definition) is 1. The van der Waals surface area contributed by atoms with Crippen molar-refractivity contribution in [2.45, 2.75) is 19.4 Å². The SMILES string of the molecule is CCOC(=O)CC(N=C(N)c1cc(OC)c(OC)c(OC)c1)c1ccccc1.Cl.